The molecule has 1 amide bonds. The van der Waals surface area contributed by atoms with E-state index >= 15 is 0 Å². The van der Waals surface area contributed by atoms with E-state index in [0.29, 0.717) is 5.92 Å². The number of carbonyl (C=O) groups excluding carboxylic acids is 3. The number of nitrogens with zero attached hydrogens (tertiary/aromatic N) is 1. The third-order valence-corrected chi connectivity index (χ3v) is 6.83. The second-order valence-electron chi connectivity index (χ2n) is 13.6. The first-order valence-electron chi connectivity index (χ1n) is 14.2. The quantitative estimate of drug-likeness (QED) is 0.217. The average molecular weight is 574 g/mol. The van der Waals surface area contributed by atoms with E-state index in [1.54, 1.807) is 20.8 Å². The van der Waals surface area contributed by atoms with Crippen molar-refractivity contribution in [1.82, 2.24) is 4.90 Å². The summed E-state index contributed by atoms with van der Waals surface area (Å²) >= 11 is 0. The smallest absolute Gasteiger partial charge is 0.410 e. The Kier molecular flexibility index (Phi) is 11.3. The zero-order valence-corrected chi connectivity index (χ0v) is 26.3. The molecule has 0 radical (unpaired) electrons. The highest BCUT2D eigenvalue weighted by atomic mass is 19.1. The molecule has 0 aromatic heterocycles. The standard InChI is InChI=1S/C33H48FNO6/c1-22-18-24(16-17-25(22)31(2,3)4)19-27(29(37)39-21-23-14-12-11-13-15-23)40-28(36)26(20-33(8,9)34)35(10)30(38)41-32(5,6)7/h11-18,22,25-27H,19-21H2,1-10H3/t22?,25?,26-,27+/m0/s1. The van der Waals surface area contributed by atoms with Gasteiger partial charge in [0.05, 0.1) is 0 Å². The van der Waals surface area contributed by atoms with Gasteiger partial charge >= 0.3 is 18.0 Å². The minimum Gasteiger partial charge on any atom is -0.458 e. The molecular formula is C33H48FNO6. The molecule has 0 saturated carbocycles. The summed E-state index contributed by atoms with van der Waals surface area (Å²) in [6.45, 7) is 16.4. The highest BCUT2D eigenvalue weighted by molar-refractivity contribution is 5.85. The lowest BCUT2D eigenvalue weighted by molar-refractivity contribution is -0.172. The molecule has 1 aromatic rings. The summed E-state index contributed by atoms with van der Waals surface area (Å²) in [6, 6.07) is 7.85. The van der Waals surface area contributed by atoms with Crippen LogP contribution in [0.25, 0.3) is 0 Å². The van der Waals surface area contributed by atoms with E-state index in [0.717, 1.165) is 16.0 Å². The number of esters is 2. The molecule has 4 atom stereocenters. The van der Waals surface area contributed by atoms with Crippen molar-refractivity contribution in [2.45, 2.75) is 105 Å². The number of hydrogen-bond donors (Lipinski definition) is 0. The number of carbonyl (C=O) groups is 3. The number of rotatable bonds is 10. The molecule has 0 heterocycles. The van der Waals surface area contributed by atoms with Crippen molar-refractivity contribution >= 4 is 18.0 Å². The second-order valence-corrected chi connectivity index (χ2v) is 13.6. The molecule has 2 unspecified atom stereocenters. The van der Waals surface area contributed by atoms with Gasteiger partial charge in [-0.05, 0) is 63.0 Å². The lowest BCUT2D eigenvalue weighted by Crippen LogP contribution is -2.49. The van der Waals surface area contributed by atoms with E-state index < -0.39 is 41.4 Å². The van der Waals surface area contributed by atoms with Crippen LogP contribution in [0.15, 0.2) is 54.1 Å². The summed E-state index contributed by atoms with van der Waals surface area (Å²) in [7, 11) is 1.36. The lowest BCUT2D eigenvalue weighted by Gasteiger charge is -2.35. The predicted molar refractivity (Wildman–Crippen MR) is 158 cm³/mol. The molecule has 0 spiro atoms. The summed E-state index contributed by atoms with van der Waals surface area (Å²) in [6.07, 6.45) is 3.80. The first-order valence-corrected chi connectivity index (χ1v) is 14.2. The molecule has 0 aliphatic heterocycles. The Balaban J connectivity index is 2.32. The maximum Gasteiger partial charge on any atom is 0.410 e. The van der Waals surface area contributed by atoms with E-state index in [1.807, 2.05) is 36.4 Å². The highest BCUT2D eigenvalue weighted by Crippen LogP contribution is 2.38. The third kappa shape index (κ3) is 11.3. The van der Waals surface area contributed by atoms with Gasteiger partial charge in [0.2, 0.25) is 6.10 Å². The molecule has 1 aromatic carbocycles. The molecule has 41 heavy (non-hydrogen) atoms. The first-order chi connectivity index (χ1) is 18.8. The number of likely N-dealkylation sites (N-methyl/N-ethyl adjacent to an activating group) is 1. The van der Waals surface area contributed by atoms with Gasteiger partial charge in [-0.3, -0.25) is 4.90 Å². The van der Waals surface area contributed by atoms with E-state index in [4.69, 9.17) is 14.2 Å². The third-order valence-electron chi connectivity index (χ3n) is 6.83. The summed E-state index contributed by atoms with van der Waals surface area (Å²) in [5, 5.41) is 0. The van der Waals surface area contributed by atoms with Crippen LogP contribution in [-0.4, -0.2) is 53.4 Å². The number of ether oxygens (including phenoxy) is 3. The van der Waals surface area contributed by atoms with Crippen LogP contribution in [0.2, 0.25) is 0 Å². The van der Waals surface area contributed by atoms with Crippen LogP contribution in [0.1, 0.15) is 80.7 Å². The van der Waals surface area contributed by atoms with E-state index in [9.17, 15) is 18.8 Å². The molecule has 1 aliphatic rings. The Hall–Kier alpha value is -3.16. The zero-order chi connectivity index (χ0) is 31.2. The molecule has 1 aliphatic carbocycles. The van der Waals surface area contributed by atoms with Gasteiger partial charge in [-0.1, -0.05) is 76.3 Å². The van der Waals surface area contributed by atoms with Gasteiger partial charge in [-0.2, -0.15) is 0 Å². The van der Waals surface area contributed by atoms with Crippen LogP contribution >= 0.6 is 0 Å². The number of hydrogen-bond acceptors (Lipinski definition) is 6. The normalized spacial score (nSPS) is 19.0. The Morgan fingerprint density at radius 1 is 0.976 bits per heavy atom. The summed E-state index contributed by atoms with van der Waals surface area (Å²) in [5.41, 5.74) is -0.968. The molecule has 0 saturated heterocycles. The fraction of sp³-hybridized carbons (Fsp3) is 0.606. The molecule has 8 heteroatoms. The Morgan fingerprint density at radius 2 is 1.59 bits per heavy atom. The topological polar surface area (TPSA) is 82.1 Å². The van der Waals surface area contributed by atoms with Crippen LogP contribution < -0.4 is 0 Å². The van der Waals surface area contributed by atoms with Crippen LogP contribution in [0, 0.1) is 17.3 Å². The van der Waals surface area contributed by atoms with E-state index in [2.05, 4.69) is 39.8 Å². The number of benzene rings is 1. The van der Waals surface area contributed by atoms with Crippen molar-refractivity contribution in [3.63, 3.8) is 0 Å². The van der Waals surface area contributed by atoms with Gasteiger partial charge in [-0.25, -0.2) is 18.8 Å². The van der Waals surface area contributed by atoms with Gasteiger partial charge in [-0.15, -0.1) is 0 Å². The lowest BCUT2D eigenvalue weighted by atomic mass is 9.71. The molecule has 0 bridgehead atoms. The second kappa shape index (κ2) is 13.7. The van der Waals surface area contributed by atoms with Gasteiger partial charge in [0.1, 0.15) is 23.9 Å². The number of halogens is 1. The maximum atomic E-state index is 14.8. The number of allylic oxidation sites excluding steroid dienone is 3. The summed E-state index contributed by atoms with van der Waals surface area (Å²) in [4.78, 5) is 40.7. The Labute approximate surface area is 245 Å². The van der Waals surface area contributed by atoms with Crippen molar-refractivity contribution in [2.75, 3.05) is 7.05 Å². The van der Waals surface area contributed by atoms with E-state index in [1.165, 1.54) is 20.9 Å². The molecule has 0 fully saturated rings. The van der Waals surface area contributed by atoms with Crippen LogP contribution in [0.3, 0.4) is 0 Å². The first kappa shape index (κ1) is 34.0. The molecule has 2 rings (SSSR count). The Bertz CT molecular complexity index is 1110. The Morgan fingerprint density at radius 3 is 2.10 bits per heavy atom. The zero-order valence-electron chi connectivity index (χ0n) is 26.3. The number of alkyl halides is 1. The maximum absolute atomic E-state index is 14.8. The molecular weight excluding hydrogens is 525 g/mol. The van der Waals surface area contributed by atoms with Crippen molar-refractivity contribution in [2.24, 2.45) is 17.3 Å². The molecule has 7 nitrogen and oxygen atoms in total. The van der Waals surface area contributed by atoms with Crippen molar-refractivity contribution in [3.8, 4) is 0 Å². The van der Waals surface area contributed by atoms with Crippen LogP contribution in [0.5, 0.6) is 0 Å². The molecule has 228 valence electrons. The average Bonchev–Trinajstić information content (AvgIpc) is 2.83. The van der Waals surface area contributed by atoms with Gasteiger partial charge in [0.15, 0.2) is 0 Å². The van der Waals surface area contributed by atoms with Crippen molar-refractivity contribution in [1.29, 1.82) is 0 Å². The molecule has 0 N–H and O–H groups in total. The minimum absolute atomic E-state index is 0.00383. The SMILES string of the molecule is CC1C=C(C[C@@H](OC(=O)[C@H](CC(C)(C)F)N(C)C(=O)OC(C)(C)C)C(=O)OCc2ccccc2)C=CC1C(C)(C)C. The van der Waals surface area contributed by atoms with Gasteiger partial charge < -0.3 is 14.2 Å². The van der Waals surface area contributed by atoms with Gasteiger partial charge in [0, 0.05) is 19.9 Å². The predicted octanol–water partition coefficient (Wildman–Crippen LogP) is 7.20. The fourth-order valence-corrected chi connectivity index (χ4v) is 4.84. The van der Waals surface area contributed by atoms with Crippen molar-refractivity contribution < 1.29 is 33.0 Å². The minimum atomic E-state index is -1.81. The summed E-state index contributed by atoms with van der Waals surface area (Å²) < 4.78 is 31.5. The van der Waals surface area contributed by atoms with Crippen molar-refractivity contribution in [3.05, 3.63) is 59.7 Å². The van der Waals surface area contributed by atoms with Crippen LogP contribution in [0.4, 0.5) is 9.18 Å². The summed E-state index contributed by atoms with van der Waals surface area (Å²) in [5.74, 6) is -1.13. The monoisotopic (exact) mass is 573 g/mol. The van der Waals surface area contributed by atoms with E-state index in [-0.39, 0.29) is 30.8 Å². The highest BCUT2D eigenvalue weighted by Gasteiger charge is 2.39. The largest absolute Gasteiger partial charge is 0.458 e. The van der Waals surface area contributed by atoms with Gasteiger partial charge in [0.25, 0.3) is 0 Å². The number of amides is 1. The van der Waals surface area contributed by atoms with Crippen LogP contribution in [-0.2, 0) is 30.4 Å². The fourth-order valence-electron chi connectivity index (χ4n) is 4.84.